The first-order valence-electron chi connectivity index (χ1n) is 5.47. The van der Waals surface area contributed by atoms with Gasteiger partial charge in [0.15, 0.2) is 21.3 Å². The fourth-order valence-electron chi connectivity index (χ4n) is 2.06. The Morgan fingerprint density at radius 2 is 2.28 bits per heavy atom. The van der Waals surface area contributed by atoms with Crippen molar-refractivity contribution in [2.45, 2.75) is 12.5 Å². The number of sulfone groups is 1. The highest BCUT2D eigenvalue weighted by atomic mass is 32.2. The van der Waals surface area contributed by atoms with Crippen molar-refractivity contribution in [2.24, 2.45) is 0 Å². The fourth-order valence-corrected chi connectivity index (χ4v) is 3.73. The van der Waals surface area contributed by atoms with Crippen LogP contribution in [0.3, 0.4) is 0 Å². The van der Waals surface area contributed by atoms with Crippen molar-refractivity contribution in [1.82, 2.24) is 19.9 Å². The van der Waals surface area contributed by atoms with Crippen LogP contribution in [0.25, 0.3) is 11.2 Å². The first-order valence-corrected chi connectivity index (χ1v) is 7.29. The van der Waals surface area contributed by atoms with Gasteiger partial charge in [0.25, 0.3) is 0 Å². The van der Waals surface area contributed by atoms with Gasteiger partial charge in [0.1, 0.15) is 5.52 Å². The van der Waals surface area contributed by atoms with E-state index in [-0.39, 0.29) is 23.5 Å². The van der Waals surface area contributed by atoms with Gasteiger partial charge in [-0.05, 0) is 6.42 Å². The summed E-state index contributed by atoms with van der Waals surface area (Å²) in [4.78, 5) is 14.9. The Morgan fingerprint density at radius 1 is 1.44 bits per heavy atom. The lowest BCUT2D eigenvalue weighted by Gasteiger charge is -2.11. The van der Waals surface area contributed by atoms with E-state index in [0.717, 1.165) is 0 Å². The number of rotatable bonds is 2. The summed E-state index contributed by atoms with van der Waals surface area (Å²) in [5.74, 6) is 0.930. The lowest BCUT2D eigenvalue weighted by Crippen LogP contribution is -2.21. The van der Waals surface area contributed by atoms with Gasteiger partial charge < -0.3 is 16.0 Å². The summed E-state index contributed by atoms with van der Waals surface area (Å²) < 4.78 is 22.8. The second-order valence-electron chi connectivity index (χ2n) is 4.28. The van der Waals surface area contributed by atoms with Gasteiger partial charge in [-0.2, -0.15) is 9.97 Å². The van der Waals surface area contributed by atoms with Crippen molar-refractivity contribution in [3.05, 3.63) is 6.33 Å². The SMILES string of the molecule is Nc1nc(NC2CCS(=O)(=O)C2)c2[nH]cnc2n1. The molecule has 1 fully saturated rings. The second-order valence-corrected chi connectivity index (χ2v) is 6.50. The van der Waals surface area contributed by atoms with Gasteiger partial charge in [0, 0.05) is 6.04 Å². The molecule has 1 atom stereocenters. The van der Waals surface area contributed by atoms with Gasteiger partial charge in [-0.15, -0.1) is 0 Å². The van der Waals surface area contributed by atoms with Gasteiger partial charge in [-0.25, -0.2) is 13.4 Å². The molecule has 18 heavy (non-hydrogen) atoms. The zero-order valence-corrected chi connectivity index (χ0v) is 10.2. The Bertz CT molecular complexity index is 694. The molecular formula is C9H12N6O2S. The summed E-state index contributed by atoms with van der Waals surface area (Å²) in [6.45, 7) is 0. The molecule has 2 aromatic rings. The lowest BCUT2D eigenvalue weighted by atomic mass is 10.2. The van der Waals surface area contributed by atoms with Crippen LogP contribution in [0.5, 0.6) is 0 Å². The highest BCUT2D eigenvalue weighted by Crippen LogP contribution is 2.21. The normalized spacial score (nSPS) is 22.3. The van der Waals surface area contributed by atoms with Gasteiger partial charge in [0.05, 0.1) is 17.8 Å². The minimum absolute atomic E-state index is 0.109. The van der Waals surface area contributed by atoms with Crippen LogP contribution in [-0.2, 0) is 9.84 Å². The molecule has 1 saturated heterocycles. The quantitative estimate of drug-likeness (QED) is 0.672. The van der Waals surface area contributed by atoms with E-state index in [1.54, 1.807) is 0 Å². The summed E-state index contributed by atoms with van der Waals surface area (Å²) in [6, 6.07) is -0.143. The fraction of sp³-hybridized carbons (Fsp3) is 0.444. The lowest BCUT2D eigenvalue weighted by molar-refractivity contribution is 0.602. The summed E-state index contributed by atoms with van der Waals surface area (Å²) in [5.41, 5.74) is 6.67. The number of nitrogens with one attached hydrogen (secondary N) is 2. The maximum absolute atomic E-state index is 11.4. The molecule has 4 N–H and O–H groups in total. The Balaban J connectivity index is 1.93. The van der Waals surface area contributed by atoms with Crippen LogP contribution in [0.15, 0.2) is 6.33 Å². The first-order chi connectivity index (χ1) is 8.53. The predicted molar refractivity (Wildman–Crippen MR) is 66.8 cm³/mol. The topological polar surface area (TPSA) is 127 Å². The first kappa shape index (κ1) is 11.2. The molecule has 3 rings (SSSR count). The van der Waals surface area contributed by atoms with E-state index in [4.69, 9.17) is 5.73 Å². The van der Waals surface area contributed by atoms with Crippen LogP contribution in [0, 0.1) is 0 Å². The number of aromatic nitrogens is 4. The van der Waals surface area contributed by atoms with Crippen molar-refractivity contribution < 1.29 is 8.42 Å². The number of aromatic amines is 1. The number of nitrogen functional groups attached to an aromatic ring is 1. The van der Waals surface area contributed by atoms with Crippen LogP contribution < -0.4 is 11.1 Å². The molecule has 0 amide bonds. The maximum Gasteiger partial charge on any atom is 0.224 e. The molecule has 1 unspecified atom stereocenters. The number of H-pyrrole nitrogens is 1. The zero-order chi connectivity index (χ0) is 12.8. The number of nitrogens with two attached hydrogens (primary N) is 1. The third kappa shape index (κ3) is 1.96. The molecule has 3 heterocycles. The largest absolute Gasteiger partial charge is 0.368 e. The third-order valence-electron chi connectivity index (χ3n) is 2.88. The van der Waals surface area contributed by atoms with E-state index < -0.39 is 9.84 Å². The predicted octanol–water partition coefficient (Wildman–Crippen LogP) is -0.466. The molecule has 0 aliphatic carbocycles. The number of anilines is 2. The average molecular weight is 268 g/mol. The molecule has 0 aromatic carbocycles. The van der Waals surface area contributed by atoms with Gasteiger partial charge in [0.2, 0.25) is 5.95 Å². The van der Waals surface area contributed by atoms with Crippen molar-refractivity contribution in [1.29, 1.82) is 0 Å². The van der Waals surface area contributed by atoms with Crippen LogP contribution in [0.1, 0.15) is 6.42 Å². The molecule has 8 nitrogen and oxygen atoms in total. The van der Waals surface area contributed by atoms with Crippen LogP contribution in [0.4, 0.5) is 11.8 Å². The van der Waals surface area contributed by atoms with Crippen molar-refractivity contribution in [3.63, 3.8) is 0 Å². The smallest absolute Gasteiger partial charge is 0.224 e. The zero-order valence-electron chi connectivity index (χ0n) is 9.42. The molecular weight excluding hydrogens is 256 g/mol. The molecule has 96 valence electrons. The van der Waals surface area contributed by atoms with E-state index in [9.17, 15) is 8.42 Å². The summed E-state index contributed by atoms with van der Waals surface area (Å²) >= 11 is 0. The number of imidazole rings is 1. The van der Waals surface area contributed by atoms with E-state index in [0.29, 0.717) is 23.4 Å². The molecule has 2 aromatic heterocycles. The highest BCUT2D eigenvalue weighted by molar-refractivity contribution is 7.91. The minimum Gasteiger partial charge on any atom is -0.368 e. The monoisotopic (exact) mass is 268 g/mol. The van der Waals surface area contributed by atoms with Crippen molar-refractivity contribution >= 4 is 32.8 Å². The summed E-state index contributed by atoms with van der Waals surface area (Å²) in [6.07, 6.45) is 2.07. The molecule has 1 aliphatic rings. The van der Waals surface area contributed by atoms with Crippen LogP contribution in [0.2, 0.25) is 0 Å². The number of fused-ring (bicyclic) bond motifs is 1. The van der Waals surface area contributed by atoms with Gasteiger partial charge in [-0.3, -0.25) is 0 Å². The van der Waals surface area contributed by atoms with Crippen LogP contribution in [-0.4, -0.2) is 45.9 Å². The molecule has 1 aliphatic heterocycles. The average Bonchev–Trinajstić information content (AvgIpc) is 2.84. The second kappa shape index (κ2) is 3.80. The standard InChI is InChI=1S/C9H12N6O2S/c10-9-14-7-6(11-4-12-7)8(15-9)13-5-1-2-18(16,17)3-5/h4-5H,1-3H2,(H4,10,11,12,13,14,15). The van der Waals surface area contributed by atoms with E-state index in [1.807, 2.05) is 0 Å². The molecule has 0 spiro atoms. The Morgan fingerprint density at radius 3 is 3.00 bits per heavy atom. The molecule has 0 saturated carbocycles. The third-order valence-corrected chi connectivity index (χ3v) is 4.64. The Kier molecular flexibility index (Phi) is 2.37. The molecule has 0 bridgehead atoms. The van der Waals surface area contributed by atoms with Gasteiger partial charge >= 0.3 is 0 Å². The van der Waals surface area contributed by atoms with E-state index in [2.05, 4.69) is 25.3 Å². The van der Waals surface area contributed by atoms with E-state index >= 15 is 0 Å². The highest BCUT2D eigenvalue weighted by Gasteiger charge is 2.28. The molecule has 9 heteroatoms. The van der Waals surface area contributed by atoms with Crippen molar-refractivity contribution in [3.8, 4) is 0 Å². The van der Waals surface area contributed by atoms with E-state index in [1.165, 1.54) is 6.33 Å². The minimum atomic E-state index is -2.93. The summed E-state index contributed by atoms with van der Waals surface area (Å²) in [7, 11) is -2.93. The number of nitrogens with zero attached hydrogens (tertiary/aromatic N) is 3. The van der Waals surface area contributed by atoms with Crippen LogP contribution >= 0.6 is 0 Å². The Labute approximate surface area is 103 Å². The van der Waals surface area contributed by atoms with Gasteiger partial charge in [-0.1, -0.05) is 0 Å². The summed E-state index contributed by atoms with van der Waals surface area (Å²) in [5, 5.41) is 3.08. The molecule has 0 radical (unpaired) electrons. The Hall–Kier alpha value is -1.90. The number of hydrogen-bond donors (Lipinski definition) is 3. The maximum atomic E-state index is 11.4. The van der Waals surface area contributed by atoms with Crippen molar-refractivity contribution in [2.75, 3.05) is 22.6 Å². The number of hydrogen-bond acceptors (Lipinski definition) is 7.